The van der Waals surface area contributed by atoms with Crippen molar-refractivity contribution in [1.29, 1.82) is 0 Å². The first-order valence-corrected chi connectivity index (χ1v) is 8.27. The summed E-state index contributed by atoms with van der Waals surface area (Å²) in [5.74, 6) is 0.956. The Hall–Kier alpha value is -2.69. The molecule has 1 unspecified atom stereocenters. The third-order valence-electron chi connectivity index (χ3n) is 4.37. The van der Waals surface area contributed by atoms with E-state index in [2.05, 4.69) is 26.8 Å². The minimum absolute atomic E-state index is 0.0414. The number of H-pyrrole nitrogens is 1. The summed E-state index contributed by atoms with van der Waals surface area (Å²) >= 11 is 0. The van der Waals surface area contributed by atoms with Gasteiger partial charge in [-0.15, -0.1) is 0 Å². The summed E-state index contributed by atoms with van der Waals surface area (Å²) in [4.78, 5) is 26.3. The molecule has 5 nitrogen and oxygen atoms in total. The lowest BCUT2D eigenvalue weighted by Gasteiger charge is -2.33. The first kappa shape index (κ1) is 16.2. The van der Waals surface area contributed by atoms with Gasteiger partial charge in [-0.25, -0.2) is 9.98 Å². The number of aromatic nitrogens is 2. The standard InChI is InChI=1S/C19H22N4O/c1-3-17(23-11-7-10-20-14(23)2)18-16(19(24)22-13-21-18)12-15-8-5-4-6-9-15/h4-10,13,17H,3,11-12H2,1-2H3,(H,21,22,24). The Kier molecular flexibility index (Phi) is 4.89. The molecular weight excluding hydrogens is 300 g/mol. The van der Waals surface area contributed by atoms with E-state index < -0.39 is 0 Å². The third-order valence-corrected chi connectivity index (χ3v) is 4.37. The Morgan fingerprint density at radius 1 is 1.29 bits per heavy atom. The highest BCUT2D eigenvalue weighted by atomic mass is 16.1. The summed E-state index contributed by atoms with van der Waals surface area (Å²) in [6.07, 6.45) is 6.80. The molecule has 1 aliphatic heterocycles. The van der Waals surface area contributed by atoms with E-state index in [9.17, 15) is 4.79 Å². The third kappa shape index (κ3) is 3.30. The van der Waals surface area contributed by atoms with E-state index in [1.165, 1.54) is 6.33 Å². The summed E-state index contributed by atoms with van der Waals surface area (Å²) in [5.41, 5.74) is 2.62. The summed E-state index contributed by atoms with van der Waals surface area (Å²) < 4.78 is 0. The van der Waals surface area contributed by atoms with Gasteiger partial charge in [-0.1, -0.05) is 37.3 Å². The van der Waals surface area contributed by atoms with Gasteiger partial charge < -0.3 is 9.88 Å². The molecule has 24 heavy (non-hydrogen) atoms. The molecule has 0 saturated heterocycles. The van der Waals surface area contributed by atoms with Crippen molar-refractivity contribution in [3.05, 3.63) is 76.1 Å². The van der Waals surface area contributed by atoms with Crippen molar-refractivity contribution in [3.8, 4) is 0 Å². The van der Waals surface area contributed by atoms with E-state index in [1.807, 2.05) is 49.5 Å². The minimum atomic E-state index is -0.0653. The molecule has 124 valence electrons. The van der Waals surface area contributed by atoms with Gasteiger partial charge >= 0.3 is 0 Å². The molecule has 0 fully saturated rings. The molecule has 1 aliphatic rings. The van der Waals surface area contributed by atoms with Crippen LogP contribution in [0.15, 0.2) is 58.7 Å². The molecule has 2 aromatic rings. The van der Waals surface area contributed by atoms with Crippen LogP contribution in [0.1, 0.15) is 43.1 Å². The van der Waals surface area contributed by atoms with Crippen molar-refractivity contribution in [2.24, 2.45) is 4.99 Å². The van der Waals surface area contributed by atoms with Crippen LogP contribution in [-0.4, -0.2) is 27.2 Å². The first-order valence-electron chi connectivity index (χ1n) is 8.27. The van der Waals surface area contributed by atoms with Crippen LogP contribution in [0.4, 0.5) is 0 Å². The van der Waals surface area contributed by atoms with Crippen molar-refractivity contribution in [3.63, 3.8) is 0 Å². The zero-order valence-electron chi connectivity index (χ0n) is 14.1. The summed E-state index contributed by atoms with van der Waals surface area (Å²) in [5, 5.41) is 0. The smallest absolute Gasteiger partial charge is 0.254 e. The van der Waals surface area contributed by atoms with Gasteiger partial charge in [0.05, 0.1) is 18.1 Å². The van der Waals surface area contributed by atoms with Gasteiger partial charge in [0.2, 0.25) is 0 Å². The Morgan fingerprint density at radius 2 is 2.08 bits per heavy atom. The molecule has 1 atom stereocenters. The molecule has 0 saturated carbocycles. The van der Waals surface area contributed by atoms with Gasteiger partial charge in [0.1, 0.15) is 5.84 Å². The number of aliphatic imine (C=N–C) groups is 1. The number of benzene rings is 1. The number of rotatable bonds is 5. The number of amidine groups is 1. The number of aromatic amines is 1. The fourth-order valence-electron chi connectivity index (χ4n) is 3.14. The van der Waals surface area contributed by atoms with Gasteiger partial charge in [-0.2, -0.15) is 0 Å². The predicted molar refractivity (Wildman–Crippen MR) is 96.1 cm³/mol. The van der Waals surface area contributed by atoms with Crippen LogP contribution < -0.4 is 5.56 Å². The zero-order chi connectivity index (χ0) is 16.9. The lowest BCUT2D eigenvalue weighted by Crippen LogP contribution is -2.36. The quantitative estimate of drug-likeness (QED) is 0.920. The maximum Gasteiger partial charge on any atom is 0.254 e. The molecule has 0 bridgehead atoms. The number of hydrogen-bond donors (Lipinski definition) is 1. The molecule has 1 aromatic carbocycles. The fraction of sp³-hybridized carbons (Fsp3) is 0.316. The molecule has 1 aromatic heterocycles. The lowest BCUT2D eigenvalue weighted by molar-refractivity contribution is 0.321. The van der Waals surface area contributed by atoms with Crippen LogP contribution in [-0.2, 0) is 6.42 Å². The molecule has 0 aliphatic carbocycles. The van der Waals surface area contributed by atoms with Gasteiger partial charge in [0.25, 0.3) is 5.56 Å². The van der Waals surface area contributed by atoms with Gasteiger partial charge in [0, 0.05) is 24.7 Å². The number of nitrogens with one attached hydrogen (secondary N) is 1. The zero-order valence-corrected chi connectivity index (χ0v) is 14.1. The van der Waals surface area contributed by atoms with E-state index in [0.717, 1.165) is 35.6 Å². The SMILES string of the molecule is CCC(c1nc[nH]c(=O)c1Cc1ccccc1)N1CC=CN=C1C. The second kappa shape index (κ2) is 7.25. The van der Waals surface area contributed by atoms with Crippen molar-refractivity contribution in [2.75, 3.05) is 6.54 Å². The molecule has 1 N–H and O–H groups in total. The highest BCUT2D eigenvalue weighted by molar-refractivity contribution is 5.81. The summed E-state index contributed by atoms with van der Waals surface area (Å²) in [7, 11) is 0. The molecular formula is C19H22N4O. The summed E-state index contributed by atoms with van der Waals surface area (Å²) in [6, 6.07) is 10.1. The summed E-state index contributed by atoms with van der Waals surface area (Å²) in [6.45, 7) is 4.90. The first-order chi connectivity index (χ1) is 11.7. The molecule has 2 heterocycles. The van der Waals surface area contributed by atoms with Crippen LogP contribution in [0.2, 0.25) is 0 Å². The molecule has 0 spiro atoms. The van der Waals surface area contributed by atoms with Crippen LogP contribution in [0.25, 0.3) is 0 Å². The van der Waals surface area contributed by atoms with Crippen molar-refractivity contribution >= 4 is 5.84 Å². The van der Waals surface area contributed by atoms with Gasteiger partial charge in [-0.3, -0.25) is 4.79 Å². The van der Waals surface area contributed by atoms with Gasteiger partial charge in [0.15, 0.2) is 0 Å². The van der Waals surface area contributed by atoms with E-state index in [-0.39, 0.29) is 11.6 Å². The topological polar surface area (TPSA) is 61.4 Å². The van der Waals surface area contributed by atoms with E-state index >= 15 is 0 Å². The highest BCUT2D eigenvalue weighted by Gasteiger charge is 2.25. The molecule has 3 rings (SSSR count). The minimum Gasteiger partial charge on any atom is -0.348 e. The maximum atomic E-state index is 12.5. The van der Waals surface area contributed by atoms with Crippen molar-refractivity contribution < 1.29 is 0 Å². The average molecular weight is 322 g/mol. The molecule has 0 radical (unpaired) electrons. The Labute approximate surface area is 141 Å². The van der Waals surface area contributed by atoms with E-state index in [0.29, 0.717) is 6.42 Å². The van der Waals surface area contributed by atoms with Crippen LogP contribution in [0.5, 0.6) is 0 Å². The van der Waals surface area contributed by atoms with Crippen molar-refractivity contribution in [2.45, 2.75) is 32.7 Å². The average Bonchev–Trinajstić information content (AvgIpc) is 2.61. The highest BCUT2D eigenvalue weighted by Crippen LogP contribution is 2.26. The van der Waals surface area contributed by atoms with Gasteiger partial charge in [-0.05, 0) is 25.0 Å². The van der Waals surface area contributed by atoms with E-state index in [1.54, 1.807) is 0 Å². The van der Waals surface area contributed by atoms with Crippen LogP contribution >= 0.6 is 0 Å². The Morgan fingerprint density at radius 3 is 2.79 bits per heavy atom. The number of hydrogen-bond acceptors (Lipinski definition) is 4. The monoisotopic (exact) mass is 322 g/mol. The second-order valence-electron chi connectivity index (χ2n) is 5.90. The molecule has 5 heteroatoms. The normalized spacial score (nSPS) is 15.2. The van der Waals surface area contributed by atoms with Crippen LogP contribution in [0.3, 0.4) is 0 Å². The molecule has 0 amide bonds. The predicted octanol–water partition coefficient (Wildman–Crippen LogP) is 3.06. The Bertz CT molecular complexity index is 808. The largest absolute Gasteiger partial charge is 0.348 e. The number of nitrogens with zero attached hydrogens (tertiary/aromatic N) is 3. The second-order valence-corrected chi connectivity index (χ2v) is 5.90. The Balaban J connectivity index is 2.00. The maximum absolute atomic E-state index is 12.5. The van der Waals surface area contributed by atoms with Crippen molar-refractivity contribution in [1.82, 2.24) is 14.9 Å². The van der Waals surface area contributed by atoms with E-state index in [4.69, 9.17) is 0 Å². The fourth-order valence-corrected chi connectivity index (χ4v) is 3.14. The lowest BCUT2D eigenvalue weighted by atomic mass is 9.98. The van der Waals surface area contributed by atoms with Crippen LogP contribution in [0, 0.1) is 0 Å².